The molecule has 1 amide bonds. The van der Waals surface area contributed by atoms with E-state index in [2.05, 4.69) is 19.3 Å². The molecular weight excluding hydrogens is 274 g/mol. The standard InChI is InChI=1S/C15H19NO3S/c1-10(2)9-18-11(3)19-16-15(17)14-8-12-6-4-5-7-13(12)20-14/h4-8,10-11H,9H2,1-3H3,(H,16,17). The first-order chi connectivity index (χ1) is 9.56. The van der Waals surface area contributed by atoms with Gasteiger partial charge < -0.3 is 4.74 Å². The Balaban J connectivity index is 1.88. The number of hydrogen-bond donors (Lipinski definition) is 1. The molecule has 0 saturated carbocycles. The zero-order valence-corrected chi connectivity index (χ0v) is 12.7. The molecule has 2 aromatic rings. The fourth-order valence-corrected chi connectivity index (χ4v) is 2.59. The zero-order valence-electron chi connectivity index (χ0n) is 11.9. The van der Waals surface area contributed by atoms with Crippen molar-refractivity contribution in [2.45, 2.75) is 27.1 Å². The molecule has 0 fully saturated rings. The molecule has 1 aromatic heterocycles. The summed E-state index contributed by atoms with van der Waals surface area (Å²) in [6, 6.07) is 9.75. The van der Waals surface area contributed by atoms with Gasteiger partial charge in [-0.15, -0.1) is 11.3 Å². The zero-order chi connectivity index (χ0) is 14.5. The van der Waals surface area contributed by atoms with Crippen LogP contribution < -0.4 is 5.48 Å². The van der Waals surface area contributed by atoms with Crippen LogP contribution in [-0.2, 0) is 9.57 Å². The third kappa shape index (κ3) is 4.03. The SMILES string of the molecule is CC(C)COC(C)ONC(=O)c1cc2ccccc2s1. The molecule has 1 unspecified atom stereocenters. The summed E-state index contributed by atoms with van der Waals surface area (Å²) < 4.78 is 6.50. The summed E-state index contributed by atoms with van der Waals surface area (Å²) >= 11 is 1.44. The minimum absolute atomic E-state index is 0.244. The lowest BCUT2D eigenvalue weighted by Crippen LogP contribution is -2.29. The number of carbonyl (C=O) groups is 1. The van der Waals surface area contributed by atoms with Crippen LogP contribution in [0.1, 0.15) is 30.4 Å². The lowest BCUT2D eigenvalue weighted by Gasteiger charge is -2.14. The lowest BCUT2D eigenvalue weighted by molar-refractivity contribution is -0.163. The van der Waals surface area contributed by atoms with Crippen LogP contribution in [0, 0.1) is 5.92 Å². The number of fused-ring (bicyclic) bond motifs is 1. The highest BCUT2D eigenvalue weighted by Crippen LogP contribution is 2.25. The summed E-state index contributed by atoms with van der Waals surface area (Å²) in [5.41, 5.74) is 2.43. The van der Waals surface area contributed by atoms with E-state index in [0.717, 1.165) is 10.1 Å². The van der Waals surface area contributed by atoms with Gasteiger partial charge in [0.05, 0.1) is 11.5 Å². The van der Waals surface area contributed by atoms with Crippen LogP contribution in [0.5, 0.6) is 0 Å². The summed E-state index contributed by atoms with van der Waals surface area (Å²) in [6.07, 6.45) is -0.462. The summed E-state index contributed by atoms with van der Waals surface area (Å²) in [7, 11) is 0. The molecule has 1 heterocycles. The predicted octanol–water partition coefficient (Wildman–Crippen LogP) is 3.58. The second kappa shape index (κ2) is 6.83. The highest BCUT2D eigenvalue weighted by Gasteiger charge is 2.12. The van der Waals surface area contributed by atoms with Gasteiger partial charge in [0.1, 0.15) is 0 Å². The molecule has 1 atom stereocenters. The molecule has 20 heavy (non-hydrogen) atoms. The molecule has 0 bridgehead atoms. The fourth-order valence-electron chi connectivity index (χ4n) is 1.64. The van der Waals surface area contributed by atoms with Gasteiger partial charge in [0.15, 0.2) is 6.29 Å². The van der Waals surface area contributed by atoms with Gasteiger partial charge in [0.25, 0.3) is 5.91 Å². The Morgan fingerprint density at radius 3 is 2.75 bits per heavy atom. The van der Waals surface area contributed by atoms with Crippen LogP contribution in [0.3, 0.4) is 0 Å². The van der Waals surface area contributed by atoms with Gasteiger partial charge in [0, 0.05) is 4.70 Å². The number of ether oxygens (including phenoxy) is 1. The van der Waals surface area contributed by atoms with Crippen molar-refractivity contribution in [1.82, 2.24) is 5.48 Å². The van der Waals surface area contributed by atoms with Gasteiger partial charge in [-0.3, -0.25) is 4.79 Å². The van der Waals surface area contributed by atoms with Gasteiger partial charge in [-0.25, -0.2) is 10.3 Å². The van der Waals surface area contributed by atoms with Crippen molar-refractivity contribution in [3.8, 4) is 0 Å². The average Bonchev–Trinajstić information content (AvgIpc) is 2.86. The Kier molecular flexibility index (Phi) is 5.11. The number of amides is 1. The Hall–Kier alpha value is -1.43. The molecule has 0 aliphatic heterocycles. The molecule has 0 saturated heterocycles. The molecule has 0 spiro atoms. The van der Waals surface area contributed by atoms with Gasteiger partial charge in [0.2, 0.25) is 0 Å². The van der Waals surface area contributed by atoms with Gasteiger partial charge >= 0.3 is 0 Å². The van der Waals surface area contributed by atoms with E-state index in [1.807, 2.05) is 30.3 Å². The van der Waals surface area contributed by atoms with E-state index in [-0.39, 0.29) is 5.91 Å². The number of rotatable bonds is 6. The minimum Gasteiger partial charge on any atom is -0.350 e. The summed E-state index contributed by atoms with van der Waals surface area (Å²) in [4.78, 5) is 17.8. The third-order valence-electron chi connectivity index (χ3n) is 2.63. The van der Waals surface area contributed by atoms with E-state index in [9.17, 15) is 4.79 Å². The van der Waals surface area contributed by atoms with Crippen molar-refractivity contribution in [2.24, 2.45) is 5.92 Å². The molecule has 4 nitrogen and oxygen atoms in total. The van der Waals surface area contributed by atoms with Gasteiger partial charge in [-0.05, 0) is 30.4 Å². The number of nitrogens with one attached hydrogen (secondary N) is 1. The third-order valence-corrected chi connectivity index (χ3v) is 3.75. The Bertz CT molecular complexity index is 546. The quantitative estimate of drug-likeness (QED) is 0.654. The first kappa shape index (κ1) is 15.0. The van der Waals surface area contributed by atoms with Crippen molar-refractivity contribution in [3.05, 3.63) is 35.2 Å². The lowest BCUT2D eigenvalue weighted by atomic mass is 10.2. The van der Waals surface area contributed by atoms with Crippen molar-refractivity contribution in [3.63, 3.8) is 0 Å². The van der Waals surface area contributed by atoms with Crippen molar-refractivity contribution in [2.75, 3.05) is 6.61 Å². The van der Waals surface area contributed by atoms with Crippen LogP contribution in [0.4, 0.5) is 0 Å². The van der Waals surface area contributed by atoms with E-state index in [0.29, 0.717) is 17.4 Å². The summed E-state index contributed by atoms with van der Waals surface area (Å²) in [6.45, 7) is 6.47. The van der Waals surface area contributed by atoms with Crippen LogP contribution in [0.25, 0.3) is 10.1 Å². The highest BCUT2D eigenvalue weighted by atomic mass is 32.1. The number of thiophene rings is 1. The number of carbonyl (C=O) groups excluding carboxylic acids is 1. The maximum atomic E-state index is 12.0. The van der Waals surface area contributed by atoms with E-state index < -0.39 is 6.29 Å². The van der Waals surface area contributed by atoms with Gasteiger partial charge in [-0.2, -0.15) is 0 Å². The number of hydroxylamine groups is 1. The Morgan fingerprint density at radius 2 is 2.05 bits per heavy atom. The van der Waals surface area contributed by atoms with E-state index in [1.165, 1.54) is 11.3 Å². The molecule has 2 rings (SSSR count). The molecule has 108 valence electrons. The molecule has 1 aromatic carbocycles. The number of benzene rings is 1. The second-order valence-electron chi connectivity index (χ2n) is 4.99. The molecule has 5 heteroatoms. The normalized spacial score (nSPS) is 12.8. The summed E-state index contributed by atoms with van der Waals surface area (Å²) in [5, 5.41) is 1.06. The Morgan fingerprint density at radius 1 is 1.30 bits per heavy atom. The topological polar surface area (TPSA) is 47.6 Å². The van der Waals surface area contributed by atoms with E-state index in [1.54, 1.807) is 6.92 Å². The Labute approximate surface area is 122 Å². The maximum absolute atomic E-state index is 12.0. The first-order valence-corrected chi connectivity index (χ1v) is 7.44. The molecule has 0 aliphatic rings. The number of hydrogen-bond acceptors (Lipinski definition) is 4. The molecular formula is C15H19NO3S. The smallest absolute Gasteiger partial charge is 0.285 e. The van der Waals surface area contributed by atoms with E-state index in [4.69, 9.17) is 9.57 Å². The summed E-state index contributed by atoms with van der Waals surface area (Å²) in [5.74, 6) is 0.186. The predicted molar refractivity (Wildman–Crippen MR) is 80.6 cm³/mol. The van der Waals surface area contributed by atoms with Crippen LogP contribution in [0.15, 0.2) is 30.3 Å². The maximum Gasteiger partial charge on any atom is 0.285 e. The first-order valence-electron chi connectivity index (χ1n) is 6.62. The molecule has 0 aliphatic carbocycles. The minimum atomic E-state index is -0.462. The largest absolute Gasteiger partial charge is 0.350 e. The van der Waals surface area contributed by atoms with Gasteiger partial charge in [-0.1, -0.05) is 32.0 Å². The fraction of sp³-hybridized carbons (Fsp3) is 0.400. The van der Waals surface area contributed by atoms with Crippen molar-refractivity contribution in [1.29, 1.82) is 0 Å². The molecule has 0 radical (unpaired) electrons. The molecule has 1 N–H and O–H groups in total. The highest BCUT2D eigenvalue weighted by molar-refractivity contribution is 7.20. The van der Waals surface area contributed by atoms with Crippen LogP contribution >= 0.6 is 11.3 Å². The van der Waals surface area contributed by atoms with Crippen molar-refractivity contribution < 1.29 is 14.4 Å². The van der Waals surface area contributed by atoms with E-state index >= 15 is 0 Å². The monoisotopic (exact) mass is 293 g/mol. The average molecular weight is 293 g/mol. The second-order valence-corrected chi connectivity index (χ2v) is 6.08. The van der Waals surface area contributed by atoms with Crippen LogP contribution in [-0.4, -0.2) is 18.8 Å². The van der Waals surface area contributed by atoms with Crippen LogP contribution in [0.2, 0.25) is 0 Å². The van der Waals surface area contributed by atoms with Crippen molar-refractivity contribution >= 4 is 27.3 Å².